The van der Waals surface area contributed by atoms with Gasteiger partial charge in [0.1, 0.15) is 11.6 Å². The number of halogens is 1. The maximum Gasteiger partial charge on any atom is 0.338 e. The van der Waals surface area contributed by atoms with Gasteiger partial charge in [0.15, 0.2) is 5.17 Å². The van der Waals surface area contributed by atoms with Crippen molar-refractivity contribution in [1.29, 1.82) is 0 Å². The molecule has 0 atom stereocenters. The van der Waals surface area contributed by atoms with Crippen molar-refractivity contribution in [1.82, 2.24) is 9.97 Å². The van der Waals surface area contributed by atoms with Crippen molar-refractivity contribution in [3.63, 3.8) is 0 Å². The fourth-order valence-electron chi connectivity index (χ4n) is 4.03. The van der Waals surface area contributed by atoms with Gasteiger partial charge in [-0.1, -0.05) is 6.07 Å². The number of anilines is 2. The molecule has 3 amide bonds. The van der Waals surface area contributed by atoms with Crippen LogP contribution in [0.1, 0.15) is 15.9 Å². The molecule has 9 nitrogen and oxygen atoms in total. The smallest absolute Gasteiger partial charge is 0.338 e. The van der Waals surface area contributed by atoms with Gasteiger partial charge in [0.2, 0.25) is 5.95 Å². The van der Waals surface area contributed by atoms with Gasteiger partial charge >= 0.3 is 11.8 Å². The van der Waals surface area contributed by atoms with Crippen molar-refractivity contribution in [3.8, 4) is 5.75 Å². The van der Waals surface area contributed by atoms with Crippen LogP contribution in [0.4, 0.5) is 16.0 Å². The molecule has 2 aromatic carbocycles. The van der Waals surface area contributed by atoms with Crippen LogP contribution in [0.25, 0.3) is 0 Å². The van der Waals surface area contributed by atoms with Crippen molar-refractivity contribution in [2.75, 3.05) is 29.4 Å². The van der Waals surface area contributed by atoms with Crippen LogP contribution in [0, 0.1) is 5.82 Å². The topological polar surface area (TPSA) is 105 Å². The summed E-state index contributed by atoms with van der Waals surface area (Å²) in [6, 6.07) is 11.4. The van der Waals surface area contributed by atoms with Gasteiger partial charge in [-0.25, -0.2) is 14.4 Å². The summed E-state index contributed by atoms with van der Waals surface area (Å²) in [5.41, 5.74) is 0.304. The number of carbonyl (C=O) groups excluding carboxylic acids is 3. The van der Waals surface area contributed by atoms with Crippen LogP contribution in [-0.2, 0) is 16.1 Å². The Morgan fingerprint density at radius 2 is 1.74 bits per heavy atom. The van der Waals surface area contributed by atoms with E-state index in [1.165, 1.54) is 23.4 Å². The maximum atomic E-state index is 15.2. The summed E-state index contributed by atoms with van der Waals surface area (Å²) in [6.07, 6.45) is 6.73. The van der Waals surface area contributed by atoms with Crippen molar-refractivity contribution in [2.24, 2.45) is 4.99 Å². The number of ether oxygens (including phenoxy) is 1. The number of nitrogens with zero attached hydrogens (tertiary/aromatic N) is 5. The minimum atomic E-state index is -2.01. The number of aliphatic imine (C=N–C) groups is 1. The third kappa shape index (κ3) is 3.64. The van der Waals surface area contributed by atoms with Gasteiger partial charge in [0, 0.05) is 18.0 Å². The zero-order chi connectivity index (χ0) is 24.9. The van der Waals surface area contributed by atoms with E-state index in [0.29, 0.717) is 5.75 Å². The number of fused-ring (bicyclic) bond motifs is 1. The number of hydrogen-bond acceptors (Lipinski definition) is 6. The van der Waals surface area contributed by atoms with Crippen LogP contribution < -0.4 is 14.5 Å². The number of hydrogen-bond donors (Lipinski definition) is 0. The van der Waals surface area contributed by atoms with E-state index < -0.39 is 33.6 Å². The first-order valence-electron chi connectivity index (χ1n) is 10.5. The van der Waals surface area contributed by atoms with Crippen LogP contribution in [0.15, 0.2) is 64.7 Å². The first kappa shape index (κ1) is 22.7. The molecule has 0 unspecified atom stereocenters. The summed E-state index contributed by atoms with van der Waals surface area (Å²) in [4.78, 5) is 53.8. The van der Waals surface area contributed by atoms with Crippen LogP contribution >= 0.6 is 10.0 Å². The van der Waals surface area contributed by atoms with Gasteiger partial charge in [-0.15, -0.1) is 0 Å². The maximum absolute atomic E-state index is 15.2. The number of amides is 3. The molecule has 0 bridgehead atoms. The Balaban J connectivity index is 1.57. The summed E-state index contributed by atoms with van der Waals surface area (Å²) in [7, 11) is -0.469. The van der Waals surface area contributed by atoms with Crippen molar-refractivity contribution in [2.45, 2.75) is 11.4 Å². The lowest BCUT2D eigenvalue weighted by molar-refractivity contribution is -0.134. The molecule has 11 heteroatoms. The van der Waals surface area contributed by atoms with E-state index in [0.717, 1.165) is 15.9 Å². The Bertz CT molecular complexity index is 1430. The Hall–Kier alpha value is -4.12. The average Bonchev–Trinajstić information content (AvgIpc) is 3.36. The minimum Gasteiger partial charge on any atom is -0.497 e. The van der Waals surface area contributed by atoms with E-state index in [9.17, 15) is 14.4 Å². The largest absolute Gasteiger partial charge is 0.497 e. The van der Waals surface area contributed by atoms with Gasteiger partial charge in [-0.3, -0.25) is 24.2 Å². The first-order valence-corrected chi connectivity index (χ1v) is 12.9. The van der Waals surface area contributed by atoms with Crippen LogP contribution in [0.5, 0.6) is 5.75 Å². The second-order valence-corrected chi connectivity index (χ2v) is 11.7. The molecule has 0 spiro atoms. The summed E-state index contributed by atoms with van der Waals surface area (Å²) in [6.45, 7) is -0.0430. The number of rotatable bonds is 4. The molecule has 0 saturated carbocycles. The molecule has 35 heavy (non-hydrogen) atoms. The molecule has 2 aliphatic heterocycles. The highest BCUT2D eigenvalue weighted by molar-refractivity contribution is 8.44. The molecule has 2 aliphatic rings. The lowest BCUT2D eigenvalue weighted by Crippen LogP contribution is -2.36. The van der Waals surface area contributed by atoms with Gasteiger partial charge in [-0.2, -0.15) is 15.0 Å². The van der Waals surface area contributed by atoms with Crippen molar-refractivity contribution < 1.29 is 23.5 Å². The van der Waals surface area contributed by atoms with E-state index in [2.05, 4.69) is 15.0 Å². The number of amidine groups is 1. The van der Waals surface area contributed by atoms with Crippen LogP contribution in [-0.4, -0.2) is 52.5 Å². The van der Waals surface area contributed by atoms with E-state index >= 15 is 4.39 Å². The van der Waals surface area contributed by atoms with E-state index in [1.807, 2.05) is 24.6 Å². The molecule has 0 saturated heterocycles. The predicted octanol–water partition coefficient (Wildman–Crippen LogP) is 3.14. The predicted molar refractivity (Wildman–Crippen MR) is 130 cm³/mol. The van der Waals surface area contributed by atoms with Gasteiger partial charge in [0.25, 0.3) is 5.91 Å². The second-order valence-electron chi connectivity index (χ2n) is 8.24. The summed E-state index contributed by atoms with van der Waals surface area (Å²) in [5.74, 6) is -2.27. The highest BCUT2D eigenvalue weighted by Crippen LogP contribution is 2.54. The lowest BCUT2D eigenvalue weighted by Gasteiger charge is -2.35. The molecule has 178 valence electrons. The Morgan fingerprint density at radius 1 is 1.00 bits per heavy atom. The SMILES string of the molecule is COc1cccc(S(C)(C)C2=NC(=O)C(=O)N2c2cc(F)c3c(c2)C(=O)N(c2ncccn2)C3)c1. The third-order valence-electron chi connectivity index (χ3n) is 5.89. The Labute approximate surface area is 201 Å². The van der Waals surface area contributed by atoms with Crippen molar-refractivity contribution in [3.05, 3.63) is 71.8 Å². The van der Waals surface area contributed by atoms with Crippen LogP contribution in [0.2, 0.25) is 0 Å². The quantitative estimate of drug-likeness (QED) is 0.517. The molecule has 0 aliphatic carbocycles. The highest BCUT2D eigenvalue weighted by atomic mass is 32.3. The minimum absolute atomic E-state index is 0.0430. The molecule has 3 heterocycles. The zero-order valence-electron chi connectivity index (χ0n) is 19.1. The second kappa shape index (κ2) is 8.27. The molecular weight excluding hydrogens is 473 g/mol. The average molecular weight is 494 g/mol. The van der Waals surface area contributed by atoms with Gasteiger partial charge < -0.3 is 4.74 Å². The zero-order valence-corrected chi connectivity index (χ0v) is 19.9. The van der Waals surface area contributed by atoms with E-state index in [-0.39, 0.29) is 34.5 Å². The monoisotopic (exact) mass is 493 g/mol. The van der Waals surface area contributed by atoms with Gasteiger partial charge in [0.05, 0.1) is 24.9 Å². The normalized spacial score (nSPS) is 16.0. The number of carbonyl (C=O) groups is 3. The van der Waals surface area contributed by atoms with E-state index in [1.54, 1.807) is 25.3 Å². The van der Waals surface area contributed by atoms with Crippen LogP contribution in [0.3, 0.4) is 0 Å². The Morgan fingerprint density at radius 3 is 2.46 bits per heavy atom. The molecule has 1 aromatic heterocycles. The molecule has 0 radical (unpaired) electrons. The fourth-order valence-corrected chi connectivity index (χ4v) is 6.03. The fraction of sp³-hybridized carbons (Fsp3) is 0.167. The molecule has 3 aromatic rings. The van der Waals surface area contributed by atoms with Crippen molar-refractivity contribution >= 4 is 44.6 Å². The number of aromatic nitrogens is 2. The summed E-state index contributed by atoms with van der Waals surface area (Å²) in [5, 5.41) is 0.203. The molecule has 0 fully saturated rings. The number of methoxy groups -OCH3 is 1. The third-order valence-corrected chi connectivity index (χ3v) is 8.50. The van der Waals surface area contributed by atoms with Gasteiger partial charge in [-0.05, 0) is 53.8 Å². The molecule has 0 N–H and O–H groups in total. The first-order chi connectivity index (χ1) is 16.7. The summed E-state index contributed by atoms with van der Waals surface area (Å²) >= 11 is 0. The standard InChI is InChI=1S/C24H20FN5O4S/c1-34-15-6-4-7-16(12-15)35(2,3)24-28-20(31)22(33)30(24)14-10-17-18(19(25)11-14)13-29(21(17)32)23-26-8-5-9-27-23/h4-12H,13H2,1-3H3. The highest BCUT2D eigenvalue weighted by Gasteiger charge is 2.42. The van der Waals surface area contributed by atoms with E-state index in [4.69, 9.17) is 4.74 Å². The molecule has 5 rings (SSSR count). The lowest BCUT2D eigenvalue weighted by atomic mass is 10.1. The Kier molecular flexibility index (Phi) is 5.36. The summed E-state index contributed by atoms with van der Waals surface area (Å²) < 4.78 is 20.6. The number of benzene rings is 2. The molecular formula is C24H20FN5O4S.